The van der Waals surface area contributed by atoms with E-state index in [9.17, 15) is 4.39 Å². The highest BCUT2D eigenvalue weighted by Crippen LogP contribution is 2.23. The number of hydrogen-bond donors (Lipinski definition) is 0. The van der Waals surface area contributed by atoms with Gasteiger partial charge in [-0.2, -0.15) is 0 Å². The van der Waals surface area contributed by atoms with Crippen molar-refractivity contribution in [2.75, 3.05) is 19.8 Å². The molecule has 0 atom stereocenters. The minimum absolute atomic E-state index is 0.124. The highest BCUT2D eigenvalue weighted by molar-refractivity contribution is 4.84. The summed E-state index contributed by atoms with van der Waals surface area (Å²) < 4.78 is 12.2. The zero-order valence-electron chi connectivity index (χ0n) is 8.93. The van der Waals surface area contributed by atoms with Gasteiger partial charge >= 0.3 is 0 Å². The van der Waals surface area contributed by atoms with Crippen LogP contribution in [0.2, 0.25) is 0 Å². The van der Waals surface area contributed by atoms with Crippen LogP contribution in [0.15, 0.2) is 0 Å². The molecular weight excluding hydrogens is 165 g/mol. The van der Waals surface area contributed by atoms with Crippen LogP contribution in [0.5, 0.6) is 0 Å². The minimum Gasteiger partial charge on any atom is -0.300 e. The third-order valence-corrected chi connectivity index (χ3v) is 2.96. The molecule has 1 nitrogen and oxygen atoms in total. The first-order valence-electron chi connectivity index (χ1n) is 5.61. The predicted molar refractivity (Wildman–Crippen MR) is 54.6 cm³/mol. The first-order valence-corrected chi connectivity index (χ1v) is 5.61. The number of likely N-dealkylation sites (tertiary alicyclic amines) is 1. The Labute approximate surface area is 81.3 Å². The Kier molecular flexibility index (Phi) is 4.71. The Hall–Kier alpha value is -0.110. The van der Waals surface area contributed by atoms with Crippen molar-refractivity contribution in [2.45, 2.75) is 45.6 Å². The second kappa shape index (κ2) is 5.58. The number of alkyl halides is 1. The molecule has 0 saturated carbocycles. The molecule has 0 aliphatic carbocycles. The van der Waals surface area contributed by atoms with Gasteiger partial charge in [0.05, 0.1) is 6.67 Å². The lowest BCUT2D eigenvalue weighted by molar-refractivity contribution is 0.0311. The first-order chi connectivity index (χ1) is 6.31. The smallest absolute Gasteiger partial charge is 0.0947 e. The van der Waals surface area contributed by atoms with Gasteiger partial charge in [-0.1, -0.05) is 26.7 Å². The third-order valence-electron chi connectivity index (χ3n) is 2.96. The molecule has 0 aromatic carbocycles. The van der Waals surface area contributed by atoms with Gasteiger partial charge in [0, 0.05) is 25.0 Å². The molecule has 0 N–H and O–H groups in total. The predicted octanol–water partition coefficient (Wildman–Crippen LogP) is 2.86. The fourth-order valence-electron chi connectivity index (χ4n) is 2.18. The monoisotopic (exact) mass is 187 g/mol. The van der Waals surface area contributed by atoms with Gasteiger partial charge in [-0.15, -0.1) is 0 Å². The van der Waals surface area contributed by atoms with Crippen LogP contribution in [0.1, 0.15) is 39.5 Å². The summed E-state index contributed by atoms with van der Waals surface area (Å²) in [7, 11) is 0. The van der Waals surface area contributed by atoms with Gasteiger partial charge in [0.15, 0.2) is 0 Å². The standard InChI is InChI=1S/C11H22FN/c1-3-5-11(6-4-2)13-8-10(7-12)9-13/h10-11H,3-9H2,1-2H3. The Bertz CT molecular complexity index is 126. The summed E-state index contributed by atoms with van der Waals surface area (Å²) in [5.74, 6) is 0.344. The van der Waals surface area contributed by atoms with Crippen molar-refractivity contribution in [1.82, 2.24) is 4.90 Å². The summed E-state index contributed by atoms with van der Waals surface area (Å²) in [6, 6.07) is 0.734. The molecule has 0 aromatic rings. The number of nitrogens with zero attached hydrogens (tertiary/aromatic N) is 1. The fourth-order valence-corrected chi connectivity index (χ4v) is 2.18. The maximum absolute atomic E-state index is 12.2. The van der Waals surface area contributed by atoms with Crippen LogP contribution in [0.4, 0.5) is 4.39 Å². The molecule has 0 spiro atoms. The number of halogens is 1. The van der Waals surface area contributed by atoms with Crippen molar-refractivity contribution >= 4 is 0 Å². The summed E-state index contributed by atoms with van der Waals surface area (Å²) in [5.41, 5.74) is 0. The zero-order valence-corrected chi connectivity index (χ0v) is 8.93. The van der Waals surface area contributed by atoms with Crippen LogP contribution in [-0.2, 0) is 0 Å². The normalized spacial score (nSPS) is 19.4. The summed E-state index contributed by atoms with van der Waals surface area (Å²) in [4.78, 5) is 2.46. The van der Waals surface area contributed by atoms with Crippen molar-refractivity contribution in [3.05, 3.63) is 0 Å². The van der Waals surface area contributed by atoms with E-state index in [0.717, 1.165) is 19.1 Å². The average molecular weight is 187 g/mol. The quantitative estimate of drug-likeness (QED) is 0.618. The molecule has 1 heterocycles. The molecule has 1 aliphatic rings. The van der Waals surface area contributed by atoms with E-state index in [1.807, 2.05) is 0 Å². The van der Waals surface area contributed by atoms with Crippen molar-refractivity contribution in [1.29, 1.82) is 0 Å². The first kappa shape index (κ1) is 11.0. The minimum atomic E-state index is -0.124. The lowest BCUT2D eigenvalue weighted by Gasteiger charge is -2.43. The molecular formula is C11H22FN. The molecule has 1 fully saturated rings. The van der Waals surface area contributed by atoms with E-state index in [0.29, 0.717) is 5.92 Å². The van der Waals surface area contributed by atoms with Gasteiger partial charge in [-0.05, 0) is 12.8 Å². The summed E-state index contributed by atoms with van der Waals surface area (Å²) in [6.45, 7) is 6.34. The molecule has 2 heteroatoms. The molecule has 0 amide bonds. The fraction of sp³-hybridized carbons (Fsp3) is 1.00. The van der Waals surface area contributed by atoms with Crippen LogP contribution in [0.3, 0.4) is 0 Å². The van der Waals surface area contributed by atoms with E-state index in [1.54, 1.807) is 0 Å². The van der Waals surface area contributed by atoms with E-state index in [-0.39, 0.29) is 6.67 Å². The van der Waals surface area contributed by atoms with Crippen molar-refractivity contribution in [2.24, 2.45) is 5.92 Å². The molecule has 13 heavy (non-hydrogen) atoms. The average Bonchev–Trinajstić information content (AvgIpc) is 2.03. The van der Waals surface area contributed by atoms with Gasteiger partial charge in [0.1, 0.15) is 0 Å². The Morgan fingerprint density at radius 1 is 1.23 bits per heavy atom. The molecule has 1 saturated heterocycles. The van der Waals surface area contributed by atoms with E-state index < -0.39 is 0 Å². The molecule has 1 rings (SSSR count). The van der Waals surface area contributed by atoms with Crippen LogP contribution in [-0.4, -0.2) is 30.7 Å². The van der Waals surface area contributed by atoms with Gasteiger partial charge in [0.2, 0.25) is 0 Å². The molecule has 1 aliphatic heterocycles. The van der Waals surface area contributed by atoms with Gasteiger partial charge < -0.3 is 0 Å². The lowest BCUT2D eigenvalue weighted by atomic mass is 9.95. The van der Waals surface area contributed by atoms with Crippen LogP contribution in [0, 0.1) is 5.92 Å². The molecule has 78 valence electrons. The summed E-state index contributed by atoms with van der Waals surface area (Å²) >= 11 is 0. The van der Waals surface area contributed by atoms with Gasteiger partial charge in [-0.25, -0.2) is 0 Å². The second-order valence-corrected chi connectivity index (χ2v) is 4.21. The number of rotatable bonds is 6. The SMILES string of the molecule is CCCC(CCC)N1CC(CF)C1. The number of hydrogen-bond acceptors (Lipinski definition) is 1. The lowest BCUT2D eigenvalue weighted by Crippen LogP contribution is -2.52. The second-order valence-electron chi connectivity index (χ2n) is 4.21. The summed E-state index contributed by atoms with van der Waals surface area (Å²) in [6.07, 6.45) is 5.07. The molecule has 0 aromatic heterocycles. The topological polar surface area (TPSA) is 3.24 Å². The Morgan fingerprint density at radius 3 is 2.15 bits per heavy atom. The Balaban J connectivity index is 2.22. The zero-order chi connectivity index (χ0) is 9.68. The van der Waals surface area contributed by atoms with Crippen molar-refractivity contribution in [3.8, 4) is 0 Å². The van der Waals surface area contributed by atoms with Gasteiger partial charge in [-0.3, -0.25) is 9.29 Å². The molecule has 0 bridgehead atoms. The largest absolute Gasteiger partial charge is 0.300 e. The van der Waals surface area contributed by atoms with Gasteiger partial charge in [0.25, 0.3) is 0 Å². The van der Waals surface area contributed by atoms with Crippen molar-refractivity contribution < 1.29 is 4.39 Å². The Morgan fingerprint density at radius 2 is 1.77 bits per heavy atom. The van der Waals surface area contributed by atoms with Crippen LogP contribution < -0.4 is 0 Å². The molecule has 0 unspecified atom stereocenters. The van der Waals surface area contributed by atoms with Crippen LogP contribution >= 0.6 is 0 Å². The summed E-state index contributed by atoms with van der Waals surface area (Å²) in [5, 5.41) is 0. The van der Waals surface area contributed by atoms with E-state index in [4.69, 9.17) is 0 Å². The third kappa shape index (κ3) is 2.94. The maximum atomic E-state index is 12.2. The van der Waals surface area contributed by atoms with E-state index in [1.165, 1.54) is 25.7 Å². The van der Waals surface area contributed by atoms with E-state index in [2.05, 4.69) is 18.7 Å². The highest BCUT2D eigenvalue weighted by atomic mass is 19.1. The van der Waals surface area contributed by atoms with E-state index >= 15 is 0 Å². The molecule has 0 radical (unpaired) electrons. The van der Waals surface area contributed by atoms with Crippen molar-refractivity contribution in [3.63, 3.8) is 0 Å². The highest BCUT2D eigenvalue weighted by Gasteiger charge is 2.30. The van der Waals surface area contributed by atoms with Crippen LogP contribution in [0.25, 0.3) is 0 Å². The maximum Gasteiger partial charge on any atom is 0.0947 e.